The summed E-state index contributed by atoms with van der Waals surface area (Å²) < 4.78 is 11.3. The molecule has 0 aromatic heterocycles. The van der Waals surface area contributed by atoms with E-state index < -0.39 is 6.10 Å². The van der Waals surface area contributed by atoms with Gasteiger partial charge in [-0.3, -0.25) is 0 Å². The van der Waals surface area contributed by atoms with Crippen molar-refractivity contribution in [2.75, 3.05) is 6.61 Å². The number of hydrogen-bond donors (Lipinski definition) is 1. The zero-order chi connectivity index (χ0) is 13.1. The summed E-state index contributed by atoms with van der Waals surface area (Å²) in [6, 6.07) is 3.81. The molecule has 0 amide bonds. The highest BCUT2D eigenvalue weighted by atomic mass is 16.5. The maximum Gasteiger partial charge on any atom is 0.125 e. The Kier molecular flexibility index (Phi) is 3.78. The summed E-state index contributed by atoms with van der Waals surface area (Å²) in [6.07, 6.45) is 5.86. The van der Waals surface area contributed by atoms with E-state index in [0.29, 0.717) is 17.9 Å². The largest absolute Gasteiger partial charge is 0.493 e. The molecule has 3 heteroatoms. The summed E-state index contributed by atoms with van der Waals surface area (Å²) in [4.78, 5) is 0. The van der Waals surface area contributed by atoms with Gasteiger partial charge in [-0.2, -0.15) is 0 Å². The number of ether oxygens (including phenoxy) is 2. The van der Waals surface area contributed by atoms with Crippen LogP contribution in [-0.4, -0.2) is 17.8 Å². The molecule has 2 unspecified atom stereocenters. The van der Waals surface area contributed by atoms with E-state index in [-0.39, 0.29) is 12.5 Å². The molecule has 1 aromatic rings. The quantitative estimate of drug-likeness (QED) is 0.829. The van der Waals surface area contributed by atoms with Crippen LogP contribution in [0.1, 0.15) is 37.5 Å². The first-order valence-electron chi connectivity index (χ1n) is 6.23. The fourth-order valence-electron chi connectivity index (χ4n) is 2.22. The predicted octanol–water partition coefficient (Wildman–Crippen LogP) is 2.47. The second-order valence-electron chi connectivity index (χ2n) is 4.49. The van der Waals surface area contributed by atoms with E-state index in [1.165, 1.54) is 0 Å². The summed E-state index contributed by atoms with van der Waals surface area (Å²) >= 11 is 0. The van der Waals surface area contributed by atoms with Crippen molar-refractivity contribution in [2.45, 2.75) is 38.9 Å². The van der Waals surface area contributed by atoms with Gasteiger partial charge in [0.1, 0.15) is 17.6 Å². The predicted molar refractivity (Wildman–Crippen MR) is 69.8 cm³/mol. The third kappa shape index (κ3) is 2.44. The van der Waals surface area contributed by atoms with E-state index >= 15 is 0 Å². The molecule has 1 heterocycles. The van der Waals surface area contributed by atoms with Crippen LogP contribution in [0.15, 0.2) is 12.1 Å². The van der Waals surface area contributed by atoms with Gasteiger partial charge in [-0.1, -0.05) is 0 Å². The Balaban J connectivity index is 2.38. The minimum absolute atomic E-state index is 0.175. The van der Waals surface area contributed by atoms with Crippen LogP contribution in [0.25, 0.3) is 0 Å². The van der Waals surface area contributed by atoms with Gasteiger partial charge in [0.25, 0.3) is 0 Å². The number of rotatable bonds is 4. The molecular formula is C15H18O3. The van der Waals surface area contributed by atoms with Crippen molar-refractivity contribution in [3.05, 3.63) is 23.3 Å². The third-order valence-corrected chi connectivity index (χ3v) is 3.00. The summed E-state index contributed by atoms with van der Waals surface area (Å²) in [7, 11) is 0. The number of benzene rings is 1. The van der Waals surface area contributed by atoms with E-state index in [1.807, 2.05) is 26.0 Å². The fraction of sp³-hybridized carbons (Fsp3) is 0.467. The smallest absolute Gasteiger partial charge is 0.125 e. The molecule has 1 N–H and O–H groups in total. The van der Waals surface area contributed by atoms with E-state index in [9.17, 15) is 5.11 Å². The van der Waals surface area contributed by atoms with Crippen molar-refractivity contribution in [1.82, 2.24) is 0 Å². The molecule has 0 bridgehead atoms. The first-order chi connectivity index (χ1) is 8.65. The van der Waals surface area contributed by atoms with Crippen molar-refractivity contribution in [1.29, 1.82) is 0 Å². The normalized spacial score (nSPS) is 18.7. The average Bonchev–Trinajstić information content (AvgIpc) is 2.68. The zero-order valence-electron chi connectivity index (χ0n) is 10.8. The molecule has 1 aliphatic rings. The van der Waals surface area contributed by atoms with Crippen LogP contribution >= 0.6 is 0 Å². The van der Waals surface area contributed by atoms with Gasteiger partial charge < -0.3 is 14.6 Å². The van der Waals surface area contributed by atoms with Crippen molar-refractivity contribution >= 4 is 0 Å². The van der Waals surface area contributed by atoms with Gasteiger partial charge in [-0.15, -0.1) is 12.3 Å². The number of fused-ring (bicyclic) bond motifs is 1. The van der Waals surface area contributed by atoms with Crippen molar-refractivity contribution in [3.8, 4) is 23.8 Å². The minimum Gasteiger partial charge on any atom is -0.493 e. The molecule has 0 spiro atoms. The van der Waals surface area contributed by atoms with E-state index in [4.69, 9.17) is 15.9 Å². The SMILES string of the molecule is C#CCC(O)c1cc2c(cc1OCC)CC(C)O2. The topological polar surface area (TPSA) is 38.7 Å². The molecule has 1 aliphatic heterocycles. The van der Waals surface area contributed by atoms with Gasteiger partial charge >= 0.3 is 0 Å². The number of hydrogen-bond acceptors (Lipinski definition) is 3. The highest BCUT2D eigenvalue weighted by Gasteiger charge is 2.24. The number of terminal acetylenes is 1. The monoisotopic (exact) mass is 246 g/mol. The molecule has 1 aromatic carbocycles. The van der Waals surface area contributed by atoms with Crippen LogP contribution in [0, 0.1) is 12.3 Å². The third-order valence-electron chi connectivity index (χ3n) is 3.00. The lowest BCUT2D eigenvalue weighted by Crippen LogP contribution is -2.05. The standard InChI is InChI=1S/C15H18O3/c1-4-6-13(16)12-9-14-11(7-10(3)18-14)8-15(12)17-5-2/h1,8-10,13,16H,5-7H2,2-3H3. The molecular weight excluding hydrogens is 228 g/mol. The van der Waals surface area contributed by atoms with Gasteiger partial charge in [0, 0.05) is 24.0 Å². The Bertz CT molecular complexity index is 473. The first-order valence-corrected chi connectivity index (χ1v) is 6.23. The lowest BCUT2D eigenvalue weighted by Gasteiger charge is -2.15. The van der Waals surface area contributed by atoms with Crippen molar-refractivity contribution < 1.29 is 14.6 Å². The molecule has 0 radical (unpaired) electrons. The van der Waals surface area contributed by atoms with E-state index in [2.05, 4.69) is 5.92 Å². The molecule has 3 nitrogen and oxygen atoms in total. The van der Waals surface area contributed by atoms with Gasteiger partial charge in [-0.25, -0.2) is 0 Å². The van der Waals surface area contributed by atoms with Crippen LogP contribution in [-0.2, 0) is 6.42 Å². The summed E-state index contributed by atoms with van der Waals surface area (Å²) in [5.74, 6) is 4.00. The molecule has 18 heavy (non-hydrogen) atoms. The highest BCUT2D eigenvalue weighted by molar-refractivity contribution is 5.49. The number of aliphatic hydroxyl groups excluding tert-OH is 1. The van der Waals surface area contributed by atoms with Crippen LogP contribution in [0.2, 0.25) is 0 Å². The Morgan fingerprint density at radius 3 is 3.06 bits per heavy atom. The molecule has 0 saturated heterocycles. The van der Waals surface area contributed by atoms with Crippen LogP contribution < -0.4 is 9.47 Å². The second kappa shape index (κ2) is 5.32. The highest BCUT2D eigenvalue weighted by Crippen LogP contribution is 2.38. The molecule has 0 aliphatic carbocycles. The maximum absolute atomic E-state index is 10.0. The van der Waals surface area contributed by atoms with Gasteiger partial charge in [0.05, 0.1) is 12.7 Å². The fourth-order valence-corrected chi connectivity index (χ4v) is 2.22. The van der Waals surface area contributed by atoms with Crippen LogP contribution in [0.3, 0.4) is 0 Å². The Labute approximate surface area is 108 Å². The Hall–Kier alpha value is -1.66. The summed E-state index contributed by atoms with van der Waals surface area (Å²) in [6.45, 7) is 4.51. The van der Waals surface area contributed by atoms with Gasteiger partial charge in [-0.05, 0) is 26.0 Å². The lowest BCUT2D eigenvalue weighted by atomic mass is 10.0. The summed E-state index contributed by atoms with van der Waals surface area (Å²) in [5.41, 5.74) is 1.84. The van der Waals surface area contributed by atoms with Crippen molar-refractivity contribution in [3.63, 3.8) is 0 Å². The molecule has 2 rings (SSSR count). The Morgan fingerprint density at radius 2 is 2.39 bits per heavy atom. The minimum atomic E-state index is -0.707. The molecule has 96 valence electrons. The molecule has 0 fully saturated rings. The average molecular weight is 246 g/mol. The lowest BCUT2D eigenvalue weighted by molar-refractivity contribution is 0.176. The van der Waals surface area contributed by atoms with Crippen molar-refractivity contribution in [2.24, 2.45) is 0 Å². The second-order valence-corrected chi connectivity index (χ2v) is 4.49. The van der Waals surface area contributed by atoms with Crippen LogP contribution in [0.5, 0.6) is 11.5 Å². The first kappa shape index (κ1) is 12.8. The molecule has 2 atom stereocenters. The van der Waals surface area contributed by atoms with Gasteiger partial charge in [0.2, 0.25) is 0 Å². The zero-order valence-corrected chi connectivity index (χ0v) is 10.8. The van der Waals surface area contributed by atoms with Gasteiger partial charge in [0.15, 0.2) is 0 Å². The summed E-state index contributed by atoms with van der Waals surface area (Å²) in [5, 5.41) is 10.0. The van der Waals surface area contributed by atoms with E-state index in [0.717, 1.165) is 17.7 Å². The maximum atomic E-state index is 10.0. The Morgan fingerprint density at radius 1 is 1.61 bits per heavy atom. The van der Waals surface area contributed by atoms with Crippen LogP contribution in [0.4, 0.5) is 0 Å². The van der Waals surface area contributed by atoms with E-state index in [1.54, 1.807) is 0 Å². The molecule has 0 saturated carbocycles. The number of aliphatic hydroxyl groups is 1.